The van der Waals surface area contributed by atoms with Gasteiger partial charge in [-0.2, -0.15) is 0 Å². The van der Waals surface area contributed by atoms with Gasteiger partial charge in [0.15, 0.2) is 0 Å². The van der Waals surface area contributed by atoms with Crippen LogP contribution >= 0.6 is 0 Å². The molecular formula is C14H24N2O3. The molecule has 0 aromatic heterocycles. The fourth-order valence-corrected chi connectivity index (χ4v) is 2.99. The lowest BCUT2D eigenvalue weighted by atomic mass is 9.83. The molecule has 2 amide bonds. The second-order valence-electron chi connectivity index (χ2n) is 5.82. The van der Waals surface area contributed by atoms with Crippen LogP contribution in [-0.4, -0.2) is 29.7 Å². The van der Waals surface area contributed by atoms with Crippen molar-refractivity contribution in [3.63, 3.8) is 0 Å². The third kappa shape index (κ3) is 4.11. The van der Waals surface area contributed by atoms with Crippen LogP contribution in [0.25, 0.3) is 0 Å². The van der Waals surface area contributed by atoms with Gasteiger partial charge in [-0.1, -0.05) is 32.1 Å². The molecule has 2 unspecified atom stereocenters. The number of aliphatic carboxylic acids is 1. The first-order valence-electron chi connectivity index (χ1n) is 7.44. The molecule has 5 heteroatoms. The summed E-state index contributed by atoms with van der Waals surface area (Å²) in [6.45, 7) is 0.695. The van der Waals surface area contributed by atoms with Gasteiger partial charge in [-0.15, -0.1) is 0 Å². The lowest BCUT2D eigenvalue weighted by Crippen LogP contribution is -2.49. The predicted octanol–water partition coefficient (Wildman–Crippen LogP) is 2.12. The van der Waals surface area contributed by atoms with E-state index in [2.05, 4.69) is 10.6 Å². The molecule has 2 aliphatic carbocycles. The maximum absolute atomic E-state index is 11.8. The van der Waals surface area contributed by atoms with Crippen molar-refractivity contribution >= 4 is 12.0 Å². The predicted molar refractivity (Wildman–Crippen MR) is 71.9 cm³/mol. The molecule has 19 heavy (non-hydrogen) atoms. The summed E-state index contributed by atoms with van der Waals surface area (Å²) in [6.07, 6.45) is 8.31. The summed E-state index contributed by atoms with van der Waals surface area (Å²) in [5.41, 5.74) is 0. The molecule has 0 heterocycles. The van der Waals surface area contributed by atoms with Crippen molar-refractivity contribution in [3.8, 4) is 0 Å². The normalized spacial score (nSPS) is 27.4. The first-order chi connectivity index (χ1) is 9.16. The van der Waals surface area contributed by atoms with Crippen molar-refractivity contribution in [3.05, 3.63) is 0 Å². The largest absolute Gasteiger partial charge is 0.481 e. The van der Waals surface area contributed by atoms with Crippen LogP contribution in [0.4, 0.5) is 4.79 Å². The Labute approximate surface area is 114 Å². The zero-order valence-corrected chi connectivity index (χ0v) is 11.4. The average Bonchev–Trinajstić information content (AvgIpc) is 2.32. The van der Waals surface area contributed by atoms with E-state index >= 15 is 0 Å². The fraction of sp³-hybridized carbons (Fsp3) is 0.857. The Morgan fingerprint density at radius 1 is 1.05 bits per heavy atom. The van der Waals surface area contributed by atoms with Crippen LogP contribution in [0.3, 0.4) is 0 Å². The molecule has 108 valence electrons. The van der Waals surface area contributed by atoms with E-state index in [1.807, 2.05) is 0 Å². The molecular weight excluding hydrogens is 244 g/mol. The molecule has 0 aromatic carbocycles. The second kappa shape index (κ2) is 6.78. The van der Waals surface area contributed by atoms with E-state index in [1.54, 1.807) is 0 Å². The number of nitrogens with one attached hydrogen (secondary N) is 2. The maximum atomic E-state index is 11.8. The minimum absolute atomic E-state index is 0.211. The van der Waals surface area contributed by atoms with Crippen LogP contribution in [0.2, 0.25) is 0 Å². The van der Waals surface area contributed by atoms with Gasteiger partial charge < -0.3 is 15.7 Å². The third-order valence-corrected chi connectivity index (χ3v) is 4.46. The summed E-state index contributed by atoms with van der Waals surface area (Å²) in [7, 11) is 0. The maximum Gasteiger partial charge on any atom is 0.315 e. The number of carboxylic acids is 1. The number of hydrogen-bond acceptors (Lipinski definition) is 2. The summed E-state index contributed by atoms with van der Waals surface area (Å²) in [5, 5.41) is 14.8. The molecule has 0 aromatic rings. The lowest BCUT2D eigenvalue weighted by molar-refractivity contribution is -0.143. The van der Waals surface area contributed by atoms with Crippen molar-refractivity contribution in [1.29, 1.82) is 0 Å². The topological polar surface area (TPSA) is 78.4 Å². The summed E-state index contributed by atoms with van der Waals surface area (Å²) in [4.78, 5) is 22.9. The first kappa shape index (κ1) is 14.2. The summed E-state index contributed by atoms with van der Waals surface area (Å²) in [5.74, 6) is -0.438. The van der Waals surface area contributed by atoms with Gasteiger partial charge in [-0.3, -0.25) is 4.79 Å². The molecule has 5 nitrogen and oxygen atoms in total. The fourth-order valence-electron chi connectivity index (χ4n) is 2.99. The van der Waals surface area contributed by atoms with E-state index < -0.39 is 11.9 Å². The van der Waals surface area contributed by atoms with Gasteiger partial charge in [0.25, 0.3) is 0 Å². The Morgan fingerprint density at radius 3 is 2.42 bits per heavy atom. The zero-order valence-electron chi connectivity index (χ0n) is 11.4. The standard InChI is InChI=1S/C14H24N2O3/c17-13(18)11-6-1-2-7-12(11)16-14(19)15-9-8-10-4-3-5-10/h10-12H,1-9H2,(H,17,18)(H2,15,16,19). The highest BCUT2D eigenvalue weighted by Crippen LogP contribution is 2.28. The van der Waals surface area contributed by atoms with Gasteiger partial charge in [0.05, 0.1) is 5.92 Å². The van der Waals surface area contributed by atoms with Gasteiger partial charge in [0.2, 0.25) is 0 Å². The monoisotopic (exact) mass is 268 g/mol. The first-order valence-corrected chi connectivity index (χ1v) is 7.44. The van der Waals surface area contributed by atoms with Crippen LogP contribution < -0.4 is 10.6 Å². The van der Waals surface area contributed by atoms with Crippen LogP contribution in [0, 0.1) is 11.8 Å². The van der Waals surface area contributed by atoms with Crippen LogP contribution in [0.5, 0.6) is 0 Å². The van der Waals surface area contributed by atoms with Gasteiger partial charge in [-0.25, -0.2) is 4.79 Å². The summed E-state index contributed by atoms with van der Waals surface area (Å²) < 4.78 is 0. The molecule has 0 radical (unpaired) electrons. The minimum Gasteiger partial charge on any atom is -0.481 e. The molecule has 2 fully saturated rings. The zero-order chi connectivity index (χ0) is 13.7. The summed E-state index contributed by atoms with van der Waals surface area (Å²) >= 11 is 0. The van der Waals surface area contributed by atoms with Crippen molar-refractivity contribution < 1.29 is 14.7 Å². The molecule has 2 saturated carbocycles. The van der Waals surface area contributed by atoms with E-state index in [1.165, 1.54) is 19.3 Å². The third-order valence-electron chi connectivity index (χ3n) is 4.46. The highest BCUT2D eigenvalue weighted by Gasteiger charge is 2.31. The molecule has 2 atom stereocenters. The Morgan fingerprint density at radius 2 is 1.79 bits per heavy atom. The van der Waals surface area contributed by atoms with E-state index in [0.29, 0.717) is 13.0 Å². The Kier molecular flexibility index (Phi) is 5.05. The number of rotatable bonds is 5. The highest BCUT2D eigenvalue weighted by atomic mass is 16.4. The van der Waals surface area contributed by atoms with E-state index in [0.717, 1.165) is 31.6 Å². The highest BCUT2D eigenvalue weighted by molar-refractivity contribution is 5.76. The van der Waals surface area contributed by atoms with Gasteiger partial charge in [0, 0.05) is 12.6 Å². The number of amides is 2. The minimum atomic E-state index is -0.792. The lowest BCUT2D eigenvalue weighted by Gasteiger charge is -2.29. The quantitative estimate of drug-likeness (QED) is 0.714. The number of carbonyl (C=O) groups is 2. The Bertz CT molecular complexity index is 329. The molecule has 0 aliphatic heterocycles. The SMILES string of the molecule is O=C(NCCC1CCC1)NC1CCCCC1C(=O)O. The van der Waals surface area contributed by atoms with E-state index in [-0.39, 0.29) is 12.1 Å². The van der Waals surface area contributed by atoms with Crippen molar-refractivity contribution in [1.82, 2.24) is 10.6 Å². The van der Waals surface area contributed by atoms with Gasteiger partial charge >= 0.3 is 12.0 Å². The summed E-state index contributed by atoms with van der Waals surface area (Å²) in [6, 6.07) is -0.424. The van der Waals surface area contributed by atoms with Crippen molar-refractivity contribution in [2.45, 2.75) is 57.4 Å². The van der Waals surface area contributed by atoms with Crippen LogP contribution in [-0.2, 0) is 4.79 Å². The molecule has 0 bridgehead atoms. The van der Waals surface area contributed by atoms with Crippen LogP contribution in [0.1, 0.15) is 51.4 Å². The van der Waals surface area contributed by atoms with Crippen LogP contribution in [0.15, 0.2) is 0 Å². The number of carbonyl (C=O) groups excluding carboxylic acids is 1. The van der Waals surface area contributed by atoms with E-state index in [9.17, 15) is 9.59 Å². The molecule has 3 N–H and O–H groups in total. The average molecular weight is 268 g/mol. The van der Waals surface area contributed by atoms with Gasteiger partial charge in [-0.05, 0) is 25.2 Å². The molecule has 0 saturated heterocycles. The van der Waals surface area contributed by atoms with E-state index in [4.69, 9.17) is 5.11 Å². The van der Waals surface area contributed by atoms with Crippen molar-refractivity contribution in [2.24, 2.45) is 11.8 Å². The Balaban J connectivity index is 1.68. The smallest absolute Gasteiger partial charge is 0.315 e. The number of carboxylic acid groups (broad SMARTS) is 1. The van der Waals surface area contributed by atoms with Gasteiger partial charge in [0.1, 0.15) is 0 Å². The number of hydrogen-bond donors (Lipinski definition) is 3. The second-order valence-corrected chi connectivity index (χ2v) is 5.82. The van der Waals surface area contributed by atoms with Crippen molar-refractivity contribution in [2.75, 3.05) is 6.54 Å². The number of urea groups is 1. The molecule has 2 aliphatic rings. The molecule has 2 rings (SSSR count). The molecule has 0 spiro atoms. The Hall–Kier alpha value is -1.26.